The van der Waals surface area contributed by atoms with Gasteiger partial charge in [0.2, 0.25) is 5.91 Å². The van der Waals surface area contributed by atoms with Crippen LogP contribution in [0.25, 0.3) is 0 Å². The molecule has 1 unspecified atom stereocenters. The highest BCUT2D eigenvalue weighted by molar-refractivity contribution is 7.09. The predicted molar refractivity (Wildman–Crippen MR) is 92.2 cm³/mol. The zero-order chi connectivity index (χ0) is 16.7. The van der Waals surface area contributed by atoms with Gasteiger partial charge in [-0.05, 0) is 20.3 Å². The van der Waals surface area contributed by atoms with Gasteiger partial charge in [-0.25, -0.2) is 9.98 Å². The minimum Gasteiger partial charge on any atom is -0.354 e. The second-order valence-corrected chi connectivity index (χ2v) is 6.66. The lowest BCUT2D eigenvalue weighted by Gasteiger charge is -2.24. The first-order valence-corrected chi connectivity index (χ1v) is 8.34. The molecule has 0 aliphatic heterocycles. The lowest BCUT2D eigenvalue weighted by molar-refractivity contribution is -0.127. The quantitative estimate of drug-likeness (QED) is 0.639. The first-order chi connectivity index (χ1) is 10.3. The Kier molecular flexibility index (Phi) is 7.31. The number of hydrogen-bond donors (Lipinski definition) is 1. The van der Waals surface area contributed by atoms with Gasteiger partial charge in [-0.15, -0.1) is 11.3 Å². The summed E-state index contributed by atoms with van der Waals surface area (Å²) in [5, 5.41) is 6.48. The number of rotatable bonds is 6. The first kappa shape index (κ1) is 18.4. The topological polar surface area (TPSA) is 60.8 Å². The number of nitrogens with zero attached hydrogens (tertiary/aromatic N) is 4. The van der Waals surface area contributed by atoms with Gasteiger partial charge in [0.15, 0.2) is 5.96 Å². The minimum atomic E-state index is -0.0126. The third kappa shape index (κ3) is 6.01. The smallest absolute Gasteiger partial charge is 0.243 e. The van der Waals surface area contributed by atoms with Crippen LogP contribution in [0.3, 0.4) is 0 Å². The molecule has 0 aliphatic rings. The average molecular weight is 325 g/mol. The Morgan fingerprint density at radius 1 is 1.45 bits per heavy atom. The first-order valence-electron chi connectivity index (χ1n) is 7.46. The second kappa shape index (κ2) is 8.73. The van der Waals surface area contributed by atoms with Crippen molar-refractivity contribution >= 4 is 23.2 Å². The van der Waals surface area contributed by atoms with Crippen LogP contribution in [-0.4, -0.2) is 60.4 Å². The van der Waals surface area contributed by atoms with Crippen LogP contribution in [0.2, 0.25) is 0 Å². The molecule has 0 aliphatic carbocycles. The summed E-state index contributed by atoms with van der Waals surface area (Å²) in [6, 6.07) is 0.299. The summed E-state index contributed by atoms with van der Waals surface area (Å²) in [5.74, 6) is 0.719. The van der Waals surface area contributed by atoms with E-state index >= 15 is 0 Å². The van der Waals surface area contributed by atoms with Crippen LogP contribution in [0.1, 0.15) is 31.0 Å². The van der Waals surface area contributed by atoms with E-state index in [4.69, 9.17) is 0 Å². The number of likely N-dealkylation sites (N-methyl/N-ethyl adjacent to an activating group) is 1. The Bertz CT molecular complexity index is 512. The van der Waals surface area contributed by atoms with Crippen molar-refractivity contribution in [3.05, 3.63) is 16.1 Å². The molecule has 0 aromatic carbocycles. The molecular formula is C15H27N5OS. The third-order valence-electron chi connectivity index (χ3n) is 3.28. The van der Waals surface area contributed by atoms with E-state index in [1.807, 2.05) is 18.9 Å². The number of carbonyl (C=O) groups is 1. The third-order valence-corrected chi connectivity index (χ3v) is 4.10. The summed E-state index contributed by atoms with van der Waals surface area (Å²) < 4.78 is 0. The zero-order valence-corrected chi connectivity index (χ0v) is 15.2. The van der Waals surface area contributed by atoms with Crippen LogP contribution < -0.4 is 5.32 Å². The van der Waals surface area contributed by atoms with E-state index in [-0.39, 0.29) is 12.5 Å². The van der Waals surface area contributed by atoms with E-state index in [1.165, 1.54) is 0 Å². The number of amides is 1. The fourth-order valence-electron chi connectivity index (χ4n) is 1.68. The highest BCUT2D eigenvalue weighted by Gasteiger charge is 2.12. The molecule has 7 heteroatoms. The van der Waals surface area contributed by atoms with Gasteiger partial charge in [-0.1, -0.05) is 6.92 Å². The molecule has 124 valence electrons. The molecule has 1 atom stereocenters. The van der Waals surface area contributed by atoms with E-state index in [0.717, 1.165) is 23.1 Å². The van der Waals surface area contributed by atoms with Crippen molar-refractivity contribution in [3.8, 4) is 0 Å². The Morgan fingerprint density at radius 2 is 2.14 bits per heavy atom. The van der Waals surface area contributed by atoms with E-state index in [1.54, 1.807) is 30.3 Å². The molecule has 0 saturated heterocycles. The Balaban J connectivity index is 2.78. The molecule has 0 spiro atoms. The van der Waals surface area contributed by atoms with Gasteiger partial charge in [0.05, 0.1) is 17.2 Å². The van der Waals surface area contributed by atoms with Crippen LogP contribution >= 0.6 is 11.3 Å². The number of hydrogen-bond acceptors (Lipinski definition) is 4. The predicted octanol–water partition coefficient (Wildman–Crippen LogP) is 1.72. The second-order valence-electron chi connectivity index (χ2n) is 5.60. The van der Waals surface area contributed by atoms with E-state index in [0.29, 0.717) is 12.6 Å². The molecule has 1 aromatic heterocycles. The molecule has 1 rings (SSSR count). The molecular weight excluding hydrogens is 298 g/mol. The van der Waals surface area contributed by atoms with Crippen LogP contribution in [0, 0.1) is 6.92 Å². The number of nitrogens with one attached hydrogen (secondary N) is 1. The lowest BCUT2D eigenvalue weighted by Crippen LogP contribution is -2.43. The molecule has 0 saturated carbocycles. The van der Waals surface area contributed by atoms with Gasteiger partial charge in [-0.2, -0.15) is 0 Å². The Labute approximate surface area is 137 Å². The van der Waals surface area contributed by atoms with E-state index in [2.05, 4.69) is 34.5 Å². The number of thiazole rings is 1. The fraction of sp³-hybridized carbons (Fsp3) is 0.667. The van der Waals surface area contributed by atoms with Crippen LogP contribution in [0.5, 0.6) is 0 Å². The van der Waals surface area contributed by atoms with Crippen molar-refractivity contribution < 1.29 is 4.79 Å². The van der Waals surface area contributed by atoms with Crippen molar-refractivity contribution in [1.29, 1.82) is 0 Å². The van der Waals surface area contributed by atoms with Gasteiger partial charge >= 0.3 is 0 Å². The lowest BCUT2D eigenvalue weighted by atomic mass is 10.3. The van der Waals surface area contributed by atoms with Crippen LogP contribution in [-0.2, 0) is 11.3 Å². The van der Waals surface area contributed by atoms with E-state index < -0.39 is 0 Å². The molecule has 0 fully saturated rings. The van der Waals surface area contributed by atoms with Crippen molar-refractivity contribution in [1.82, 2.24) is 20.1 Å². The molecule has 0 bridgehead atoms. The molecule has 1 aromatic rings. The molecule has 6 nitrogen and oxygen atoms in total. The van der Waals surface area contributed by atoms with Gasteiger partial charge in [0.1, 0.15) is 6.54 Å². The Morgan fingerprint density at radius 3 is 2.64 bits per heavy atom. The summed E-state index contributed by atoms with van der Waals surface area (Å²) in [4.78, 5) is 24.2. The normalized spacial score (nSPS) is 12.9. The maximum absolute atomic E-state index is 11.7. The fourth-order valence-corrected chi connectivity index (χ4v) is 2.29. The van der Waals surface area contributed by atoms with Crippen molar-refractivity contribution in [3.63, 3.8) is 0 Å². The van der Waals surface area contributed by atoms with Crippen molar-refractivity contribution in [2.24, 2.45) is 4.99 Å². The Hall–Kier alpha value is -1.63. The maximum atomic E-state index is 11.7. The van der Waals surface area contributed by atoms with Gasteiger partial charge in [0.25, 0.3) is 0 Å². The standard InChI is InChI=1S/C15H27N5OS/c1-7-11(2)17-15(16-8-14(21)19(4)5)20(6)9-13-10-22-12(3)18-13/h10-11H,7-9H2,1-6H3,(H,16,17). The maximum Gasteiger partial charge on any atom is 0.243 e. The van der Waals surface area contributed by atoms with Crippen molar-refractivity contribution in [2.45, 2.75) is 39.8 Å². The van der Waals surface area contributed by atoms with Crippen LogP contribution in [0.4, 0.5) is 0 Å². The molecule has 1 N–H and O–H groups in total. The minimum absolute atomic E-state index is 0.0126. The van der Waals surface area contributed by atoms with Crippen LogP contribution in [0.15, 0.2) is 10.4 Å². The highest BCUT2D eigenvalue weighted by Crippen LogP contribution is 2.10. The number of carbonyl (C=O) groups excluding carboxylic acids is 1. The average Bonchev–Trinajstić information content (AvgIpc) is 2.87. The largest absolute Gasteiger partial charge is 0.354 e. The highest BCUT2D eigenvalue weighted by atomic mass is 32.1. The summed E-state index contributed by atoms with van der Waals surface area (Å²) in [6.45, 7) is 7.03. The number of aromatic nitrogens is 1. The number of aliphatic imine (C=N–C) groups is 1. The molecule has 1 amide bonds. The summed E-state index contributed by atoms with van der Waals surface area (Å²) in [7, 11) is 5.44. The summed E-state index contributed by atoms with van der Waals surface area (Å²) in [6.07, 6.45) is 0.990. The van der Waals surface area contributed by atoms with Crippen molar-refractivity contribution in [2.75, 3.05) is 27.7 Å². The number of aryl methyl sites for hydroxylation is 1. The zero-order valence-electron chi connectivity index (χ0n) is 14.4. The van der Waals surface area contributed by atoms with Gasteiger partial charge in [0, 0.05) is 32.6 Å². The SMILES string of the molecule is CCC(C)NC(=NCC(=O)N(C)C)N(C)Cc1csc(C)n1. The number of guanidine groups is 1. The van der Waals surface area contributed by atoms with Gasteiger partial charge < -0.3 is 15.1 Å². The molecule has 0 radical (unpaired) electrons. The summed E-state index contributed by atoms with van der Waals surface area (Å²) in [5.41, 5.74) is 1.02. The molecule has 22 heavy (non-hydrogen) atoms. The van der Waals surface area contributed by atoms with Gasteiger partial charge in [-0.3, -0.25) is 4.79 Å². The van der Waals surface area contributed by atoms with E-state index in [9.17, 15) is 4.79 Å². The monoisotopic (exact) mass is 325 g/mol. The summed E-state index contributed by atoms with van der Waals surface area (Å²) >= 11 is 1.64. The molecule has 1 heterocycles.